The second-order valence-electron chi connectivity index (χ2n) is 7.24. The molecule has 3 atom stereocenters. The summed E-state index contributed by atoms with van der Waals surface area (Å²) in [4.78, 5) is 5.16. The maximum absolute atomic E-state index is 3.68. The molecule has 0 saturated carbocycles. The number of piperazine rings is 2. The quantitative estimate of drug-likeness (QED) is 0.443. The van der Waals surface area contributed by atoms with Gasteiger partial charge in [-0.25, -0.2) is 0 Å². The smallest absolute Gasteiger partial charge is 0.0193 e. The van der Waals surface area contributed by atoms with E-state index in [9.17, 15) is 0 Å². The normalized spacial score (nSPS) is 25.2. The van der Waals surface area contributed by atoms with Crippen LogP contribution in [0, 0.1) is 0 Å². The molecule has 2 saturated heterocycles. The highest BCUT2D eigenvalue weighted by atomic mass is 15.2. The number of hydrogen-bond acceptors (Lipinski definition) is 6. The van der Waals surface area contributed by atoms with Crippen LogP contribution in [0.3, 0.4) is 0 Å². The number of hydrogen-bond donors (Lipinski definition) is 4. The molecular weight excluding hydrogens is 288 g/mol. The third kappa shape index (κ3) is 7.03. The molecule has 23 heavy (non-hydrogen) atoms. The first kappa shape index (κ1) is 19.1. The fraction of sp³-hybridized carbons (Fsp3) is 1.00. The molecule has 2 fully saturated rings. The zero-order valence-electron chi connectivity index (χ0n) is 15.4. The van der Waals surface area contributed by atoms with Crippen molar-refractivity contribution in [3.05, 3.63) is 0 Å². The third-order valence-corrected chi connectivity index (χ3v) is 5.20. The standard InChI is InChI=1S/C17H38N6/c1-15(21-14-17(3)23-10-6-19-7-11-23)12-20-13-16(2)22-8-4-18-5-9-22/h15-21H,4-14H2,1-3H3. The summed E-state index contributed by atoms with van der Waals surface area (Å²) in [5.41, 5.74) is 0. The highest BCUT2D eigenvalue weighted by Gasteiger charge is 2.18. The summed E-state index contributed by atoms with van der Waals surface area (Å²) in [6.45, 7) is 19.4. The van der Waals surface area contributed by atoms with E-state index < -0.39 is 0 Å². The van der Waals surface area contributed by atoms with Gasteiger partial charge < -0.3 is 21.3 Å². The van der Waals surface area contributed by atoms with Crippen LogP contribution in [0.15, 0.2) is 0 Å². The van der Waals surface area contributed by atoms with E-state index in [0.717, 1.165) is 45.8 Å². The van der Waals surface area contributed by atoms with Crippen molar-refractivity contribution in [2.24, 2.45) is 0 Å². The van der Waals surface area contributed by atoms with E-state index in [1.54, 1.807) is 0 Å². The Labute approximate surface area is 142 Å². The Balaban J connectivity index is 1.53. The van der Waals surface area contributed by atoms with Crippen LogP contribution in [0.1, 0.15) is 20.8 Å². The fourth-order valence-corrected chi connectivity index (χ4v) is 3.46. The van der Waals surface area contributed by atoms with Crippen molar-refractivity contribution in [1.29, 1.82) is 0 Å². The predicted octanol–water partition coefficient (Wildman–Crippen LogP) is -0.858. The molecule has 0 aromatic carbocycles. The average Bonchev–Trinajstić information content (AvgIpc) is 2.61. The van der Waals surface area contributed by atoms with Gasteiger partial charge in [0.25, 0.3) is 0 Å². The Morgan fingerprint density at radius 1 is 0.739 bits per heavy atom. The molecule has 6 nitrogen and oxygen atoms in total. The van der Waals surface area contributed by atoms with Gasteiger partial charge in [-0.1, -0.05) is 0 Å². The second-order valence-corrected chi connectivity index (χ2v) is 7.24. The Morgan fingerprint density at radius 3 is 1.74 bits per heavy atom. The van der Waals surface area contributed by atoms with Crippen LogP contribution in [0.4, 0.5) is 0 Å². The summed E-state index contributed by atoms with van der Waals surface area (Å²) in [5.74, 6) is 0. The molecule has 0 aliphatic carbocycles. The summed E-state index contributed by atoms with van der Waals surface area (Å²) in [5, 5.41) is 14.2. The van der Waals surface area contributed by atoms with Gasteiger partial charge in [-0.2, -0.15) is 0 Å². The van der Waals surface area contributed by atoms with Gasteiger partial charge in [0, 0.05) is 90.1 Å². The summed E-state index contributed by atoms with van der Waals surface area (Å²) in [6.07, 6.45) is 0. The molecule has 2 aliphatic heterocycles. The molecular formula is C17H38N6. The molecule has 2 rings (SSSR count). The topological polar surface area (TPSA) is 54.6 Å². The van der Waals surface area contributed by atoms with Crippen molar-refractivity contribution in [3.63, 3.8) is 0 Å². The lowest BCUT2D eigenvalue weighted by molar-refractivity contribution is 0.174. The van der Waals surface area contributed by atoms with Gasteiger partial charge in [0.05, 0.1) is 0 Å². The minimum atomic E-state index is 0.524. The number of rotatable bonds is 9. The molecule has 0 bridgehead atoms. The van der Waals surface area contributed by atoms with E-state index in [0.29, 0.717) is 18.1 Å². The highest BCUT2D eigenvalue weighted by molar-refractivity contribution is 4.78. The van der Waals surface area contributed by atoms with Crippen LogP contribution >= 0.6 is 0 Å². The summed E-state index contributed by atoms with van der Waals surface area (Å²) >= 11 is 0. The van der Waals surface area contributed by atoms with Crippen molar-refractivity contribution in [2.45, 2.75) is 38.9 Å². The Bertz CT molecular complexity index is 301. The van der Waals surface area contributed by atoms with E-state index >= 15 is 0 Å². The molecule has 0 spiro atoms. The Morgan fingerprint density at radius 2 is 1.22 bits per heavy atom. The molecule has 2 aliphatic rings. The van der Waals surface area contributed by atoms with Gasteiger partial charge in [0.1, 0.15) is 0 Å². The SMILES string of the molecule is CC(CNCC(C)N1CCNCC1)NCC(C)N1CCNCC1. The first-order chi connectivity index (χ1) is 11.2. The van der Waals surface area contributed by atoms with Gasteiger partial charge in [-0.3, -0.25) is 9.80 Å². The first-order valence-corrected chi connectivity index (χ1v) is 9.50. The average molecular weight is 327 g/mol. The lowest BCUT2D eigenvalue weighted by atomic mass is 10.2. The third-order valence-electron chi connectivity index (χ3n) is 5.20. The van der Waals surface area contributed by atoms with Crippen LogP contribution in [0.25, 0.3) is 0 Å². The predicted molar refractivity (Wildman–Crippen MR) is 98.1 cm³/mol. The van der Waals surface area contributed by atoms with E-state index in [4.69, 9.17) is 0 Å². The zero-order valence-corrected chi connectivity index (χ0v) is 15.4. The van der Waals surface area contributed by atoms with E-state index in [-0.39, 0.29) is 0 Å². The van der Waals surface area contributed by atoms with Gasteiger partial charge in [0.15, 0.2) is 0 Å². The lowest BCUT2D eigenvalue weighted by Crippen LogP contribution is -2.53. The van der Waals surface area contributed by atoms with Gasteiger partial charge in [-0.15, -0.1) is 0 Å². The van der Waals surface area contributed by atoms with Crippen LogP contribution in [-0.4, -0.2) is 99.9 Å². The summed E-state index contributed by atoms with van der Waals surface area (Å²) in [6, 6.07) is 1.78. The van der Waals surface area contributed by atoms with E-state index in [1.807, 2.05) is 0 Å². The second kappa shape index (κ2) is 10.6. The largest absolute Gasteiger partial charge is 0.314 e. The van der Waals surface area contributed by atoms with Gasteiger partial charge >= 0.3 is 0 Å². The molecule has 4 N–H and O–H groups in total. The molecule has 0 amide bonds. The number of nitrogens with zero attached hydrogens (tertiary/aromatic N) is 2. The monoisotopic (exact) mass is 326 g/mol. The van der Waals surface area contributed by atoms with Crippen molar-refractivity contribution in [3.8, 4) is 0 Å². The summed E-state index contributed by atoms with van der Waals surface area (Å²) in [7, 11) is 0. The number of nitrogens with one attached hydrogen (secondary N) is 4. The van der Waals surface area contributed by atoms with Gasteiger partial charge in [0.2, 0.25) is 0 Å². The fourth-order valence-electron chi connectivity index (χ4n) is 3.46. The van der Waals surface area contributed by atoms with E-state index in [1.165, 1.54) is 26.2 Å². The van der Waals surface area contributed by atoms with Crippen LogP contribution in [0.5, 0.6) is 0 Å². The van der Waals surface area contributed by atoms with Crippen molar-refractivity contribution in [2.75, 3.05) is 72.0 Å². The minimum Gasteiger partial charge on any atom is -0.314 e. The lowest BCUT2D eigenvalue weighted by Gasteiger charge is -2.34. The minimum absolute atomic E-state index is 0.524. The Kier molecular flexibility index (Phi) is 8.79. The molecule has 0 aromatic heterocycles. The molecule has 3 unspecified atom stereocenters. The maximum Gasteiger partial charge on any atom is 0.0193 e. The van der Waals surface area contributed by atoms with Crippen LogP contribution in [0.2, 0.25) is 0 Å². The van der Waals surface area contributed by atoms with Crippen molar-refractivity contribution >= 4 is 0 Å². The van der Waals surface area contributed by atoms with Crippen LogP contribution < -0.4 is 21.3 Å². The van der Waals surface area contributed by atoms with Crippen molar-refractivity contribution < 1.29 is 0 Å². The van der Waals surface area contributed by atoms with Crippen molar-refractivity contribution in [1.82, 2.24) is 31.1 Å². The van der Waals surface area contributed by atoms with E-state index in [2.05, 4.69) is 51.8 Å². The first-order valence-electron chi connectivity index (χ1n) is 9.50. The molecule has 0 radical (unpaired) electrons. The molecule has 6 heteroatoms. The highest BCUT2D eigenvalue weighted by Crippen LogP contribution is 2.01. The molecule has 2 heterocycles. The van der Waals surface area contributed by atoms with Crippen LogP contribution in [-0.2, 0) is 0 Å². The molecule has 136 valence electrons. The van der Waals surface area contributed by atoms with Gasteiger partial charge in [-0.05, 0) is 20.8 Å². The Hall–Kier alpha value is -0.240. The molecule has 0 aromatic rings. The maximum atomic E-state index is 3.68. The summed E-state index contributed by atoms with van der Waals surface area (Å²) < 4.78 is 0. The zero-order chi connectivity index (χ0) is 16.5.